The van der Waals surface area contributed by atoms with E-state index in [2.05, 4.69) is 25.6 Å². The summed E-state index contributed by atoms with van der Waals surface area (Å²) < 4.78 is 0. The van der Waals surface area contributed by atoms with Crippen LogP contribution in [0.5, 0.6) is 0 Å². The molecule has 0 aliphatic heterocycles. The fraction of sp³-hybridized carbons (Fsp3) is 0.500. The molecule has 106 valence electrons. The van der Waals surface area contributed by atoms with Crippen LogP contribution >= 0.6 is 11.3 Å². The highest BCUT2D eigenvalue weighted by molar-refractivity contribution is 7.07. The van der Waals surface area contributed by atoms with Crippen LogP contribution in [0.3, 0.4) is 0 Å². The molecular formula is C14H18N4OS. The van der Waals surface area contributed by atoms with E-state index < -0.39 is 0 Å². The van der Waals surface area contributed by atoms with E-state index in [4.69, 9.17) is 0 Å². The van der Waals surface area contributed by atoms with Gasteiger partial charge in [-0.1, -0.05) is 0 Å². The number of aliphatic hydroxyl groups excluding tert-OH is 1. The summed E-state index contributed by atoms with van der Waals surface area (Å²) in [6.45, 7) is 2.72. The van der Waals surface area contributed by atoms with Crippen molar-refractivity contribution in [1.29, 1.82) is 0 Å². The van der Waals surface area contributed by atoms with Gasteiger partial charge in [0.2, 0.25) is 0 Å². The number of hydrogen-bond acceptors (Lipinski definition) is 6. The largest absolute Gasteiger partial charge is 0.393 e. The molecule has 1 saturated carbocycles. The number of rotatable bonds is 5. The fourth-order valence-corrected chi connectivity index (χ4v) is 2.99. The van der Waals surface area contributed by atoms with Crippen molar-refractivity contribution in [3.05, 3.63) is 34.2 Å². The van der Waals surface area contributed by atoms with Gasteiger partial charge in [-0.3, -0.25) is 0 Å². The number of aromatic nitrogens is 3. The zero-order valence-corrected chi connectivity index (χ0v) is 12.2. The molecule has 0 amide bonds. The quantitative estimate of drug-likeness (QED) is 0.882. The SMILES string of the molecule is Cc1nc(NCCc2cscn2)cc(C2CC(O)C2)n1. The molecular weight excluding hydrogens is 272 g/mol. The van der Waals surface area contributed by atoms with Crippen molar-refractivity contribution < 1.29 is 5.11 Å². The molecule has 0 saturated heterocycles. The van der Waals surface area contributed by atoms with Crippen molar-refractivity contribution >= 4 is 17.2 Å². The van der Waals surface area contributed by atoms with Crippen LogP contribution in [-0.4, -0.2) is 32.7 Å². The molecule has 0 radical (unpaired) electrons. The molecule has 1 aliphatic rings. The predicted octanol–water partition coefficient (Wildman–Crippen LogP) is 2.13. The second-order valence-corrected chi connectivity index (χ2v) is 5.92. The highest BCUT2D eigenvalue weighted by atomic mass is 32.1. The summed E-state index contributed by atoms with van der Waals surface area (Å²) in [6.07, 6.45) is 2.37. The summed E-state index contributed by atoms with van der Waals surface area (Å²) in [6, 6.07) is 2.00. The predicted molar refractivity (Wildman–Crippen MR) is 79.1 cm³/mol. The summed E-state index contributed by atoms with van der Waals surface area (Å²) in [5.41, 5.74) is 4.00. The van der Waals surface area contributed by atoms with E-state index in [1.54, 1.807) is 11.3 Å². The van der Waals surface area contributed by atoms with Crippen molar-refractivity contribution in [1.82, 2.24) is 15.0 Å². The highest BCUT2D eigenvalue weighted by Gasteiger charge is 2.30. The lowest BCUT2D eigenvalue weighted by Crippen LogP contribution is -2.27. The van der Waals surface area contributed by atoms with Crippen molar-refractivity contribution in [3.63, 3.8) is 0 Å². The van der Waals surface area contributed by atoms with E-state index in [0.717, 1.165) is 48.8 Å². The highest BCUT2D eigenvalue weighted by Crippen LogP contribution is 2.36. The minimum Gasteiger partial charge on any atom is -0.393 e. The molecule has 0 unspecified atom stereocenters. The van der Waals surface area contributed by atoms with Gasteiger partial charge < -0.3 is 10.4 Å². The van der Waals surface area contributed by atoms with E-state index in [0.29, 0.717) is 5.92 Å². The molecule has 2 aromatic rings. The van der Waals surface area contributed by atoms with Crippen LogP contribution in [0.15, 0.2) is 17.0 Å². The Balaban J connectivity index is 1.61. The Hall–Kier alpha value is -1.53. The van der Waals surface area contributed by atoms with Gasteiger partial charge >= 0.3 is 0 Å². The van der Waals surface area contributed by atoms with Crippen molar-refractivity contribution in [2.45, 2.75) is 38.2 Å². The van der Waals surface area contributed by atoms with E-state index >= 15 is 0 Å². The number of aliphatic hydroxyl groups is 1. The molecule has 20 heavy (non-hydrogen) atoms. The van der Waals surface area contributed by atoms with Crippen molar-refractivity contribution in [2.75, 3.05) is 11.9 Å². The number of thiazole rings is 1. The number of aryl methyl sites for hydroxylation is 1. The summed E-state index contributed by atoms with van der Waals surface area (Å²) in [4.78, 5) is 13.1. The maximum absolute atomic E-state index is 9.40. The van der Waals surface area contributed by atoms with Crippen molar-refractivity contribution in [2.24, 2.45) is 0 Å². The summed E-state index contributed by atoms with van der Waals surface area (Å²) in [5.74, 6) is 2.02. The zero-order valence-electron chi connectivity index (χ0n) is 11.4. The third-order valence-electron chi connectivity index (χ3n) is 3.56. The first kappa shape index (κ1) is 13.5. The Morgan fingerprint density at radius 1 is 1.40 bits per heavy atom. The fourth-order valence-electron chi connectivity index (χ4n) is 2.40. The molecule has 0 atom stereocenters. The molecule has 3 rings (SSSR count). The van der Waals surface area contributed by atoms with Gasteiger partial charge in [0.25, 0.3) is 0 Å². The molecule has 2 N–H and O–H groups in total. The Kier molecular flexibility index (Phi) is 3.93. The molecule has 2 aromatic heterocycles. The Morgan fingerprint density at radius 2 is 2.25 bits per heavy atom. The van der Waals surface area contributed by atoms with Gasteiger partial charge in [-0.05, 0) is 19.8 Å². The molecule has 2 heterocycles. The van der Waals surface area contributed by atoms with Gasteiger partial charge in [-0.2, -0.15) is 0 Å². The lowest BCUT2D eigenvalue weighted by atomic mass is 9.80. The number of anilines is 1. The molecule has 0 spiro atoms. The average molecular weight is 290 g/mol. The summed E-state index contributed by atoms with van der Waals surface area (Å²) in [7, 11) is 0. The maximum Gasteiger partial charge on any atom is 0.129 e. The van der Waals surface area contributed by atoms with E-state index in [1.807, 2.05) is 18.5 Å². The Labute approximate surface area is 122 Å². The smallest absolute Gasteiger partial charge is 0.129 e. The number of nitrogens with zero attached hydrogens (tertiary/aromatic N) is 3. The summed E-state index contributed by atoms with van der Waals surface area (Å²) >= 11 is 1.62. The average Bonchev–Trinajstić information content (AvgIpc) is 2.87. The summed E-state index contributed by atoms with van der Waals surface area (Å²) in [5, 5.41) is 14.8. The monoisotopic (exact) mass is 290 g/mol. The molecule has 1 fully saturated rings. The standard InChI is InChI=1S/C14H18N4OS/c1-9-17-13(10-4-12(19)5-10)6-14(18-9)15-3-2-11-7-20-8-16-11/h6-8,10,12,19H,2-5H2,1H3,(H,15,17,18). The first-order chi connectivity index (χ1) is 9.70. The third kappa shape index (κ3) is 3.13. The third-order valence-corrected chi connectivity index (χ3v) is 4.20. The zero-order chi connectivity index (χ0) is 13.9. The minimum absolute atomic E-state index is 0.156. The molecule has 5 nitrogen and oxygen atoms in total. The van der Waals surface area contributed by atoms with Crippen LogP contribution in [0.25, 0.3) is 0 Å². The lowest BCUT2D eigenvalue weighted by molar-refractivity contribution is 0.0731. The van der Waals surface area contributed by atoms with E-state index in [1.165, 1.54) is 0 Å². The van der Waals surface area contributed by atoms with Gasteiger partial charge in [0, 0.05) is 36.0 Å². The van der Waals surface area contributed by atoms with E-state index in [9.17, 15) is 5.11 Å². The Bertz CT molecular complexity index is 567. The van der Waals surface area contributed by atoms with Gasteiger partial charge in [0.1, 0.15) is 11.6 Å². The van der Waals surface area contributed by atoms with Crippen LogP contribution in [-0.2, 0) is 6.42 Å². The van der Waals surface area contributed by atoms with Gasteiger partial charge in [0.05, 0.1) is 17.3 Å². The molecule has 0 bridgehead atoms. The normalized spacial score (nSPS) is 21.5. The van der Waals surface area contributed by atoms with Crippen LogP contribution in [0.2, 0.25) is 0 Å². The number of hydrogen-bond donors (Lipinski definition) is 2. The van der Waals surface area contributed by atoms with Gasteiger partial charge in [-0.25, -0.2) is 15.0 Å². The van der Waals surface area contributed by atoms with Crippen molar-refractivity contribution in [3.8, 4) is 0 Å². The second-order valence-electron chi connectivity index (χ2n) is 5.20. The van der Waals surface area contributed by atoms with Crippen LogP contribution in [0.1, 0.15) is 36.0 Å². The molecule has 0 aromatic carbocycles. The van der Waals surface area contributed by atoms with E-state index in [-0.39, 0.29) is 6.10 Å². The molecule has 1 aliphatic carbocycles. The van der Waals surface area contributed by atoms with Crippen LogP contribution < -0.4 is 5.32 Å². The minimum atomic E-state index is -0.156. The maximum atomic E-state index is 9.40. The van der Waals surface area contributed by atoms with Gasteiger partial charge in [0.15, 0.2) is 0 Å². The Morgan fingerprint density at radius 3 is 2.95 bits per heavy atom. The van der Waals surface area contributed by atoms with Crippen LogP contribution in [0, 0.1) is 6.92 Å². The second kappa shape index (κ2) is 5.85. The lowest BCUT2D eigenvalue weighted by Gasteiger charge is -2.31. The van der Waals surface area contributed by atoms with Crippen LogP contribution in [0.4, 0.5) is 5.82 Å². The number of nitrogens with one attached hydrogen (secondary N) is 1. The molecule has 6 heteroatoms. The first-order valence-electron chi connectivity index (χ1n) is 6.85. The topological polar surface area (TPSA) is 70.9 Å². The first-order valence-corrected chi connectivity index (χ1v) is 7.79. The van der Waals surface area contributed by atoms with Gasteiger partial charge in [-0.15, -0.1) is 11.3 Å².